The minimum absolute atomic E-state index is 0.0700. The highest BCUT2D eigenvalue weighted by Crippen LogP contribution is 2.36. The van der Waals surface area contributed by atoms with Gasteiger partial charge in [0.1, 0.15) is 23.3 Å². The third-order valence-corrected chi connectivity index (χ3v) is 5.04. The monoisotopic (exact) mass is 517 g/mol. The number of amides is 2. The first kappa shape index (κ1) is 24.7. The predicted molar refractivity (Wildman–Crippen MR) is 129 cm³/mol. The Bertz CT molecular complexity index is 1390. The van der Waals surface area contributed by atoms with Crippen LogP contribution in [0.4, 0.5) is 46.9 Å². The maximum Gasteiger partial charge on any atom is 0.417 e. The van der Waals surface area contributed by atoms with Gasteiger partial charge >= 0.3 is 12.2 Å². The fourth-order valence-corrected chi connectivity index (χ4v) is 3.41. The summed E-state index contributed by atoms with van der Waals surface area (Å²) in [4.78, 5) is 25.3. The van der Waals surface area contributed by atoms with Crippen molar-refractivity contribution in [3.63, 3.8) is 0 Å². The predicted octanol–water partition coefficient (Wildman–Crippen LogP) is 5.14. The number of hydrogen-bond acceptors (Lipinski definition) is 7. The second-order valence-corrected chi connectivity index (χ2v) is 8.05. The Labute approximate surface area is 207 Å². The number of H-pyrrole nitrogens is 1. The first-order valence-electron chi connectivity index (χ1n) is 10.4. The van der Waals surface area contributed by atoms with Gasteiger partial charge in [-0.15, -0.1) is 0 Å². The summed E-state index contributed by atoms with van der Waals surface area (Å²) >= 11 is 5.60. The summed E-state index contributed by atoms with van der Waals surface area (Å²) in [6.07, 6.45) is -2.75. The largest absolute Gasteiger partial charge is 0.417 e. The summed E-state index contributed by atoms with van der Waals surface area (Å²) in [5.41, 5.74) is 6.02. The van der Waals surface area contributed by atoms with Crippen LogP contribution in [0.25, 0.3) is 0 Å². The van der Waals surface area contributed by atoms with Crippen LogP contribution in [0.3, 0.4) is 0 Å². The number of carbonyl (C=O) groups is 1. The summed E-state index contributed by atoms with van der Waals surface area (Å²) < 4.78 is 39.0. The zero-order valence-electron chi connectivity index (χ0n) is 18.6. The molecule has 0 aliphatic heterocycles. The lowest BCUT2D eigenvalue weighted by Crippen LogP contribution is -2.20. The molecule has 3 aromatic heterocycles. The van der Waals surface area contributed by atoms with Gasteiger partial charge in [-0.1, -0.05) is 17.7 Å². The van der Waals surface area contributed by atoms with Crippen molar-refractivity contribution in [2.24, 2.45) is 0 Å². The van der Waals surface area contributed by atoms with Gasteiger partial charge in [-0.3, -0.25) is 10.4 Å². The van der Waals surface area contributed by atoms with Gasteiger partial charge in [-0.05, 0) is 36.8 Å². The third-order valence-electron chi connectivity index (χ3n) is 4.71. The van der Waals surface area contributed by atoms with Crippen LogP contribution in [0.1, 0.15) is 22.6 Å². The average molecular weight is 518 g/mol. The van der Waals surface area contributed by atoms with Crippen LogP contribution in [-0.4, -0.2) is 31.2 Å². The Hall–Kier alpha value is -4.39. The van der Waals surface area contributed by atoms with Gasteiger partial charge < -0.3 is 16.4 Å². The van der Waals surface area contributed by atoms with Gasteiger partial charge in [-0.2, -0.15) is 18.3 Å². The maximum atomic E-state index is 13.0. The molecule has 0 radical (unpaired) electrons. The molecular weight excluding hydrogens is 499 g/mol. The number of hydrogen-bond donors (Lipinski definition) is 5. The third kappa shape index (κ3) is 6.39. The molecule has 0 aliphatic rings. The molecule has 0 saturated carbocycles. The molecule has 36 heavy (non-hydrogen) atoms. The first-order valence-corrected chi connectivity index (χ1v) is 10.7. The van der Waals surface area contributed by atoms with Gasteiger partial charge in [-0.25, -0.2) is 19.7 Å². The number of nitrogens with one attached hydrogen (secondary N) is 4. The van der Waals surface area contributed by atoms with Gasteiger partial charge in [0.15, 0.2) is 5.82 Å². The van der Waals surface area contributed by atoms with Crippen LogP contribution in [0.2, 0.25) is 5.02 Å². The molecule has 0 aliphatic carbocycles. The Balaban J connectivity index is 1.38. The van der Waals surface area contributed by atoms with Gasteiger partial charge in [0.05, 0.1) is 10.6 Å². The fraction of sp³-hybridized carbons (Fsp3) is 0.136. The molecule has 0 spiro atoms. The molecule has 0 atom stereocenters. The topological polar surface area (TPSA) is 147 Å². The van der Waals surface area contributed by atoms with E-state index in [-0.39, 0.29) is 11.5 Å². The molecule has 0 fully saturated rings. The van der Waals surface area contributed by atoms with Crippen LogP contribution < -0.4 is 21.7 Å². The number of nitrogens with two attached hydrogens (primary N) is 1. The van der Waals surface area contributed by atoms with Crippen LogP contribution in [0.15, 0.2) is 48.7 Å². The number of pyridine rings is 1. The van der Waals surface area contributed by atoms with Crippen molar-refractivity contribution in [2.75, 3.05) is 21.7 Å². The summed E-state index contributed by atoms with van der Waals surface area (Å²) in [6.45, 7) is 1.83. The number of benzene rings is 1. The molecule has 1 aromatic carbocycles. The quantitative estimate of drug-likeness (QED) is 0.238. The van der Waals surface area contributed by atoms with Gasteiger partial charge in [0.2, 0.25) is 0 Å². The highest BCUT2D eigenvalue weighted by atomic mass is 35.5. The van der Waals surface area contributed by atoms with Crippen LogP contribution in [0.5, 0.6) is 0 Å². The van der Waals surface area contributed by atoms with E-state index in [2.05, 4.69) is 41.1 Å². The second kappa shape index (κ2) is 10.1. The van der Waals surface area contributed by atoms with Crippen LogP contribution in [-0.2, 0) is 12.6 Å². The van der Waals surface area contributed by atoms with E-state index in [0.717, 1.165) is 23.4 Å². The smallest absolute Gasteiger partial charge is 0.384 e. The maximum absolute atomic E-state index is 13.0. The van der Waals surface area contributed by atoms with E-state index >= 15 is 0 Å². The molecule has 186 valence electrons. The molecule has 0 saturated heterocycles. The summed E-state index contributed by atoms with van der Waals surface area (Å²) in [5.74, 6) is 2.20. The normalized spacial score (nSPS) is 11.2. The standard InChI is InChI=1S/C22H19ClF3N9O/c1-11-6-18(32-20-9-16(27)34-35-20)31-19(29-11)7-12-2-5-17(28-10-12)33-21(36)30-13-3-4-15(23)14(8-13)22(24,25)26/h2-6,8-10H,7H2,1H3,(H2,28,30,33,36)(H4,27,29,31,32,34,35). The van der Waals surface area contributed by atoms with Crippen molar-refractivity contribution in [1.29, 1.82) is 0 Å². The Morgan fingerprint density at radius 3 is 2.53 bits per heavy atom. The number of aryl methyl sites for hydroxylation is 1. The summed E-state index contributed by atoms with van der Waals surface area (Å²) in [5, 5.41) is 14.0. The molecule has 0 unspecified atom stereocenters. The van der Waals surface area contributed by atoms with Crippen molar-refractivity contribution >= 4 is 46.6 Å². The van der Waals surface area contributed by atoms with E-state index < -0.39 is 22.8 Å². The highest BCUT2D eigenvalue weighted by molar-refractivity contribution is 6.31. The Kier molecular flexibility index (Phi) is 6.92. The van der Waals surface area contributed by atoms with Crippen LogP contribution in [0, 0.1) is 6.92 Å². The van der Waals surface area contributed by atoms with E-state index in [1.54, 1.807) is 24.3 Å². The van der Waals surface area contributed by atoms with E-state index in [9.17, 15) is 18.0 Å². The lowest BCUT2D eigenvalue weighted by atomic mass is 10.2. The molecular formula is C22H19ClF3N9O. The first-order chi connectivity index (χ1) is 17.0. The molecule has 0 bridgehead atoms. The zero-order valence-corrected chi connectivity index (χ0v) is 19.4. The van der Waals surface area contributed by atoms with E-state index in [0.29, 0.717) is 29.7 Å². The lowest BCUT2D eigenvalue weighted by Gasteiger charge is -2.12. The van der Waals surface area contributed by atoms with Crippen LogP contribution >= 0.6 is 11.6 Å². The number of alkyl halides is 3. The summed E-state index contributed by atoms with van der Waals surface area (Å²) in [7, 11) is 0. The minimum Gasteiger partial charge on any atom is -0.384 e. The van der Waals surface area contributed by atoms with Gasteiger partial charge in [0, 0.05) is 36.1 Å². The number of urea groups is 1. The van der Waals surface area contributed by atoms with Crippen molar-refractivity contribution in [2.45, 2.75) is 19.5 Å². The minimum atomic E-state index is -4.65. The number of aromatic amines is 1. The average Bonchev–Trinajstić information content (AvgIpc) is 3.19. The number of aromatic nitrogens is 5. The summed E-state index contributed by atoms with van der Waals surface area (Å²) in [6, 6.07) is 8.99. The fourth-order valence-electron chi connectivity index (χ4n) is 3.19. The van der Waals surface area contributed by atoms with Crippen molar-refractivity contribution in [3.05, 3.63) is 76.3 Å². The Morgan fingerprint density at radius 2 is 1.86 bits per heavy atom. The van der Waals surface area contributed by atoms with E-state index in [4.69, 9.17) is 17.3 Å². The van der Waals surface area contributed by atoms with E-state index in [1.165, 1.54) is 12.3 Å². The zero-order chi connectivity index (χ0) is 25.9. The molecule has 10 nitrogen and oxygen atoms in total. The SMILES string of the molecule is Cc1cc(Nc2cc(N)[nH]n2)nc(Cc2ccc(NC(=O)Nc3ccc(Cl)c(C(F)(F)F)c3)nc2)n1. The number of carbonyl (C=O) groups excluding carboxylic acids is 1. The highest BCUT2D eigenvalue weighted by Gasteiger charge is 2.33. The molecule has 3 heterocycles. The number of anilines is 5. The van der Waals surface area contributed by atoms with Crippen molar-refractivity contribution in [1.82, 2.24) is 25.1 Å². The van der Waals surface area contributed by atoms with Crippen molar-refractivity contribution in [3.8, 4) is 0 Å². The van der Waals surface area contributed by atoms with Crippen molar-refractivity contribution < 1.29 is 18.0 Å². The molecule has 2 amide bonds. The number of rotatable bonds is 6. The van der Waals surface area contributed by atoms with Gasteiger partial charge in [0.25, 0.3) is 0 Å². The Morgan fingerprint density at radius 1 is 1.06 bits per heavy atom. The molecule has 6 N–H and O–H groups in total. The molecule has 14 heteroatoms. The number of nitrogen functional groups attached to an aromatic ring is 1. The lowest BCUT2D eigenvalue weighted by molar-refractivity contribution is -0.137. The van der Waals surface area contributed by atoms with E-state index in [1.807, 2.05) is 6.92 Å². The second-order valence-electron chi connectivity index (χ2n) is 7.64. The number of nitrogens with zero attached hydrogens (tertiary/aromatic N) is 4. The molecule has 4 aromatic rings. The molecule has 4 rings (SSSR count). The number of halogens is 4.